The molecule has 11 aromatic carbocycles. The SMILES string of the molecule is c1ccc(-c2ccc(N(c3ccc4c(c3)C3(c5ccccc5O4)c4ccccc4[Si](c4ccccc4)(c4ccccc4)c4ccccc43)c3ccc4c(ccc5ccccc54)c3)cc2)cc1. The van der Waals surface area contributed by atoms with Crippen LogP contribution in [0.25, 0.3) is 32.7 Å². The van der Waals surface area contributed by atoms with Gasteiger partial charge in [0.25, 0.3) is 0 Å². The van der Waals surface area contributed by atoms with Crippen LogP contribution in [0.3, 0.4) is 0 Å². The van der Waals surface area contributed by atoms with Gasteiger partial charge in [-0.2, -0.15) is 0 Å². The second-order valence-electron chi connectivity index (χ2n) is 17.5. The Morgan fingerprint density at radius 3 is 1.50 bits per heavy atom. The third-order valence-corrected chi connectivity index (χ3v) is 19.1. The van der Waals surface area contributed by atoms with E-state index in [4.69, 9.17) is 4.74 Å². The van der Waals surface area contributed by atoms with Crippen LogP contribution in [-0.2, 0) is 5.41 Å². The number of nitrogens with zero attached hydrogens (tertiary/aromatic N) is 1. The average molecular weight is 858 g/mol. The Hall–Kier alpha value is -8.24. The molecule has 2 aliphatic rings. The Bertz CT molecular complexity index is 3530. The van der Waals surface area contributed by atoms with Crippen LogP contribution in [0.2, 0.25) is 0 Å². The minimum atomic E-state index is -2.90. The van der Waals surface area contributed by atoms with Gasteiger partial charge in [-0.3, -0.25) is 0 Å². The normalized spacial score (nSPS) is 13.8. The molecule has 13 rings (SSSR count). The zero-order chi connectivity index (χ0) is 43.7. The van der Waals surface area contributed by atoms with E-state index in [1.165, 1.54) is 64.5 Å². The summed E-state index contributed by atoms with van der Waals surface area (Å²) in [4.78, 5) is 2.42. The van der Waals surface area contributed by atoms with Gasteiger partial charge in [0.05, 0.1) is 5.41 Å². The molecule has 0 unspecified atom stereocenters. The molecule has 0 fully saturated rings. The van der Waals surface area contributed by atoms with Crippen molar-refractivity contribution in [2.45, 2.75) is 5.41 Å². The molecule has 2 nitrogen and oxygen atoms in total. The van der Waals surface area contributed by atoms with Crippen molar-refractivity contribution in [1.29, 1.82) is 0 Å². The predicted octanol–water partition coefficient (Wildman–Crippen LogP) is 13.3. The van der Waals surface area contributed by atoms with E-state index in [0.29, 0.717) is 0 Å². The Balaban J connectivity index is 1.09. The lowest BCUT2D eigenvalue weighted by atomic mass is 9.63. The van der Waals surface area contributed by atoms with Gasteiger partial charge >= 0.3 is 0 Å². The molecule has 0 atom stereocenters. The van der Waals surface area contributed by atoms with Gasteiger partial charge in [-0.25, -0.2) is 0 Å². The maximum atomic E-state index is 7.06. The number of hydrogen-bond donors (Lipinski definition) is 0. The lowest BCUT2D eigenvalue weighted by Crippen LogP contribution is -2.79. The molecule has 0 aromatic heterocycles. The summed E-state index contributed by atoms with van der Waals surface area (Å²) in [6.07, 6.45) is 0. The molecule has 310 valence electrons. The van der Waals surface area contributed by atoms with E-state index < -0.39 is 13.5 Å². The standard InChI is InChI=1S/C63H43NOSi/c1-4-18-44(19-5-1)45-34-36-48(37-35-45)64(49-38-40-54-47(42-49)33-32-46-20-10-11-25-53(46)54)50-39-41-60-58(43-50)63(55-26-12-15-29-59(55)65-60)56-27-13-16-30-61(56)66(51-21-6-2-7-22-51,52-23-8-3-9-24-52)62-31-17-14-28-57(62)63/h1-43H. The van der Waals surface area contributed by atoms with Gasteiger partial charge in [0.2, 0.25) is 0 Å². The van der Waals surface area contributed by atoms with Gasteiger partial charge in [-0.1, -0.05) is 212 Å². The Morgan fingerprint density at radius 2 is 0.803 bits per heavy atom. The summed E-state index contributed by atoms with van der Waals surface area (Å²) in [5.74, 6) is 1.74. The number of para-hydroxylation sites is 1. The molecule has 0 N–H and O–H groups in total. The Labute approximate surface area is 386 Å². The largest absolute Gasteiger partial charge is 0.457 e. The van der Waals surface area contributed by atoms with Gasteiger partial charge in [0.1, 0.15) is 11.5 Å². The highest BCUT2D eigenvalue weighted by Gasteiger charge is 2.57. The van der Waals surface area contributed by atoms with Crippen LogP contribution in [0, 0.1) is 0 Å². The first-order chi connectivity index (χ1) is 32.7. The van der Waals surface area contributed by atoms with E-state index in [2.05, 4.69) is 266 Å². The van der Waals surface area contributed by atoms with Gasteiger partial charge < -0.3 is 9.64 Å². The first-order valence-electron chi connectivity index (χ1n) is 22.8. The maximum absolute atomic E-state index is 7.06. The lowest BCUT2D eigenvalue weighted by Gasteiger charge is -2.51. The zero-order valence-electron chi connectivity index (χ0n) is 36.2. The van der Waals surface area contributed by atoms with Crippen LogP contribution >= 0.6 is 0 Å². The van der Waals surface area contributed by atoms with E-state index in [0.717, 1.165) is 39.7 Å². The second-order valence-corrected chi connectivity index (χ2v) is 21.3. The van der Waals surface area contributed by atoms with Crippen molar-refractivity contribution in [3.05, 3.63) is 283 Å². The molecule has 0 bridgehead atoms. The molecule has 0 saturated carbocycles. The molecule has 0 saturated heterocycles. The maximum Gasteiger partial charge on any atom is 0.180 e. The number of rotatable bonds is 6. The fraction of sp³-hybridized carbons (Fsp3) is 0.0159. The zero-order valence-corrected chi connectivity index (χ0v) is 37.2. The number of anilines is 3. The monoisotopic (exact) mass is 857 g/mol. The summed E-state index contributed by atoms with van der Waals surface area (Å²) >= 11 is 0. The van der Waals surface area contributed by atoms with Crippen LogP contribution in [0.4, 0.5) is 17.1 Å². The van der Waals surface area contributed by atoms with Crippen molar-refractivity contribution in [2.24, 2.45) is 0 Å². The van der Waals surface area contributed by atoms with Gasteiger partial charge in [0, 0.05) is 28.2 Å². The first-order valence-corrected chi connectivity index (χ1v) is 24.8. The highest BCUT2D eigenvalue weighted by Crippen LogP contribution is 2.57. The molecule has 0 amide bonds. The van der Waals surface area contributed by atoms with E-state index >= 15 is 0 Å². The molecule has 0 radical (unpaired) electrons. The predicted molar refractivity (Wildman–Crippen MR) is 277 cm³/mol. The van der Waals surface area contributed by atoms with Crippen molar-refractivity contribution in [3.8, 4) is 22.6 Å². The van der Waals surface area contributed by atoms with Gasteiger partial charge in [-0.05, 0) is 113 Å². The van der Waals surface area contributed by atoms with Crippen molar-refractivity contribution >= 4 is 67.4 Å². The molecular formula is C63H43NOSi. The van der Waals surface area contributed by atoms with Crippen molar-refractivity contribution < 1.29 is 4.74 Å². The third-order valence-electron chi connectivity index (χ3n) is 14.2. The van der Waals surface area contributed by atoms with E-state index in [9.17, 15) is 0 Å². The Morgan fingerprint density at radius 1 is 0.318 bits per heavy atom. The minimum Gasteiger partial charge on any atom is -0.457 e. The fourth-order valence-electron chi connectivity index (χ4n) is 11.5. The molecule has 11 aromatic rings. The average Bonchev–Trinajstić information content (AvgIpc) is 3.40. The smallest absolute Gasteiger partial charge is 0.180 e. The lowest BCUT2D eigenvalue weighted by molar-refractivity contribution is 0.435. The molecule has 1 spiro atoms. The summed E-state index contributed by atoms with van der Waals surface area (Å²) in [7, 11) is -2.90. The topological polar surface area (TPSA) is 12.5 Å². The summed E-state index contributed by atoms with van der Waals surface area (Å²) < 4.78 is 7.06. The van der Waals surface area contributed by atoms with Crippen molar-refractivity contribution in [1.82, 2.24) is 0 Å². The number of ether oxygens (including phenoxy) is 1. The van der Waals surface area contributed by atoms with E-state index in [-0.39, 0.29) is 0 Å². The molecule has 3 heteroatoms. The Kier molecular flexibility index (Phi) is 8.80. The summed E-state index contributed by atoms with van der Waals surface area (Å²) in [6.45, 7) is 0. The molecule has 2 heterocycles. The van der Waals surface area contributed by atoms with Crippen LogP contribution in [0.15, 0.2) is 261 Å². The molecule has 2 aliphatic heterocycles. The van der Waals surface area contributed by atoms with Crippen LogP contribution in [0.5, 0.6) is 11.5 Å². The number of hydrogen-bond acceptors (Lipinski definition) is 2. The van der Waals surface area contributed by atoms with Crippen molar-refractivity contribution in [2.75, 3.05) is 4.90 Å². The summed E-state index contributed by atoms with van der Waals surface area (Å²) in [5.41, 5.74) is 9.75. The van der Waals surface area contributed by atoms with Gasteiger partial charge in [-0.15, -0.1) is 0 Å². The molecule has 0 aliphatic carbocycles. The van der Waals surface area contributed by atoms with Gasteiger partial charge in [0.15, 0.2) is 8.07 Å². The summed E-state index contributed by atoms with van der Waals surface area (Å²) in [6, 6.07) is 96.6. The molecule has 66 heavy (non-hydrogen) atoms. The highest BCUT2D eigenvalue weighted by molar-refractivity contribution is 7.20. The van der Waals surface area contributed by atoms with E-state index in [1.54, 1.807) is 0 Å². The van der Waals surface area contributed by atoms with Crippen LogP contribution in [0.1, 0.15) is 22.3 Å². The third kappa shape index (κ3) is 5.60. The summed E-state index contributed by atoms with van der Waals surface area (Å²) in [5, 5.41) is 10.5. The minimum absolute atomic E-state index is 0.710. The van der Waals surface area contributed by atoms with Crippen LogP contribution < -0.4 is 30.4 Å². The van der Waals surface area contributed by atoms with E-state index in [1.807, 2.05) is 0 Å². The molecular weight excluding hydrogens is 815 g/mol. The highest BCUT2D eigenvalue weighted by atomic mass is 28.3. The second kappa shape index (κ2) is 15.2. The quantitative estimate of drug-likeness (QED) is 0.122. The fourth-order valence-corrected chi connectivity index (χ4v) is 16.8. The number of benzene rings is 11. The first kappa shape index (κ1) is 38.2. The number of fused-ring (bicyclic) bond motifs is 11. The van der Waals surface area contributed by atoms with Crippen molar-refractivity contribution in [3.63, 3.8) is 0 Å². The van der Waals surface area contributed by atoms with Crippen LogP contribution in [-0.4, -0.2) is 8.07 Å².